The summed E-state index contributed by atoms with van der Waals surface area (Å²) in [6.07, 6.45) is 4.14. The highest BCUT2D eigenvalue weighted by molar-refractivity contribution is 7.99. The molecule has 0 saturated carbocycles. The molecule has 5 nitrogen and oxygen atoms in total. The van der Waals surface area contributed by atoms with Gasteiger partial charge >= 0.3 is 0 Å². The number of thioether (sulfide) groups is 1. The molecule has 0 unspecified atom stereocenters. The molecule has 2 aromatic carbocycles. The lowest BCUT2D eigenvalue weighted by Crippen LogP contribution is -2.27. The van der Waals surface area contributed by atoms with E-state index in [4.69, 9.17) is 0 Å². The fourth-order valence-electron chi connectivity index (χ4n) is 3.10. The van der Waals surface area contributed by atoms with E-state index in [2.05, 4.69) is 24.1 Å². The van der Waals surface area contributed by atoms with E-state index in [1.807, 2.05) is 42.5 Å². The second-order valence-corrected chi connectivity index (χ2v) is 7.86. The minimum absolute atomic E-state index is 0.0404. The van der Waals surface area contributed by atoms with Crippen LogP contribution in [0.1, 0.15) is 38.7 Å². The number of carbonyl (C=O) groups is 1. The third-order valence-corrected chi connectivity index (χ3v) is 5.72. The number of aromatic nitrogens is 2. The summed E-state index contributed by atoms with van der Waals surface area (Å²) in [6, 6.07) is 15.2. The topological polar surface area (TPSA) is 64.0 Å². The Hall–Kier alpha value is -2.60. The van der Waals surface area contributed by atoms with Gasteiger partial charge in [-0.05, 0) is 42.7 Å². The molecule has 6 heteroatoms. The predicted octanol–water partition coefficient (Wildman–Crippen LogP) is 4.35. The normalized spacial score (nSPS) is 11.0. The molecule has 0 radical (unpaired) electrons. The number of unbranched alkanes of at least 4 members (excludes halogenated alkanes) is 2. The second-order valence-electron chi connectivity index (χ2n) is 6.92. The lowest BCUT2D eigenvalue weighted by Gasteiger charge is -2.13. The largest absolute Gasteiger partial charge is 0.355 e. The Morgan fingerprint density at radius 2 is 1.83 bits per heavy atom. The lowest BCUT2D eigenvalue weighted by atomic mass is 10.1. The van der Waals surface area contributed by atoms with E-state index in [1.54, 1.807) is 10.6 Å². The summed E-state index contributed by atoms with van der Waals surface area (Å²) in [5, 5.41) is 4.04. The number of fused-ring (bicyclic) bond motifs is 1. The van der Waals surface area contributed by atoms with E-state index < -0.39 is 0 Å². The molecule has 0 bridgehead atoms. The Bertz CT molecular complexity index is 1030. The van der Waals surface area contributed by atoms with E-state index in [0.717, 1.165) is 31.4 Å². The van der Waals surface area contributed by atoms with Crippen LogP contribution in [0.2, 0.25) is 0 Å². The first kappa shape index (κ1) is 21.1. The average Bonchev–Trinajstić information content (AvgIpc) is 2.75. The van der Waals surface area contributed by atoms with Crippen molar-refractivity contribution in [1.29, 1.82) is 0 Å². The molecule has 0 spiro atoms. The number of rotatable bonds is 9. The molecule has 152 valence electrons. The molecule has 0 atom stereocenters. The smallest absolute Gasteiger partial charge is 0.266 e. The molecular formula is C23H27N3O2S. The highest BCUT2D eigenvalue weighted by atomic mass is 32.2. The Kier molecular flexibility index (Phi) is 7.47. The van der Waals surface area contributed by atoms with Crippen LogP contribution in [0.5, 0.6) is 0 Å². The quantitative estimate of drug-likeness (QED) is 0.324. The number of para-hydroxylation sites is 1. The summed E-state index contributed by atoms with van der Waals surface area (Å²) < 4.78 is 1.61. The molecule has 1 N–H and O–H groups in total. The lowest BCUT2D eigenvalue weighted by molar-refractivity contribution is -0.118. The zero-order valence-electron chi connectivity index (χ0n) is 17.0. The Balaban J connectivity index is 1.90. The molecular weight excluding hydrogens is 382 g/mol. The predicted molar refractivity (Wildman–Crippen MR) is 120 cm³/mol. The van der Waals surface area contributed by atoms with Crippen molar-refractivity contribution < 1.29 is 4.79 Å². The van der Waals surface area contributed by atoms with Gasteiger partial charge in [0.2, 0.25) is 5.91 Å². The zero-order valence-corrected chi connectivity index (χ0v) is 17.8. The van der Waals surface area contributed by atoms with Crippen molar-refractivity contribution >= 4 is 28.6 Å². The summed E-state index contributed by atoms with van der Waals surface area (Å²) >= 11 is 1.29. The fourth-order valence-corrected chi connectivity index (χ4v) is 3.94. The van der Waals surface area contributed by atoms with Crippen molar-refractivity contribution in [1.82, 2.24) is 14.9 Å². The first-order valence-corrected chi connectivity index (χ1v) is 11.1. The molecule has 3 rings (SSSR count). The van der Waals surface area contributed by atoms with Crippen molar-refractivity contribution in [2.45, 2.75) is 44.7 Å². The third kappa shape index (κ3) is 5.26. The summed E-state index contributed by atoms with van der Waals surface area (Å²) in [7, 11) is 0. The van der Waals surface area contributed by atoms with Gasteiger partial charge in [0.15, 0.2) is 5.16 Å². The molecule has 1 amide bonds. The third-order valence-electron chi connectivity index (χ3n) is 4.78. The number of carbonyl (C=O) groups excluding carboxylic acids is 1. The van der Waals surface area contributed by atoms with E-state index in [1.165, 1.54) is 17.3 Å². The van der Waals surface area contributed by atoms with Gasteiger partial charge in [0.25, 0.3) is 5.56 Å². The highest BCUT2D eigenvalue weighted by Crippen LogP contribution is 2.21. The van der Waals surface area contributed by atoms with Gasteiger partial charge in [-0.3, -0.25) is 14.2 Å². The van der Waals surface area contributed by atoms with E-state index in [9.17, 15) is 9.59 Å². The van der Waals surface area contributed by atoms with E-state index in [-0.39, 0.29) is 17.2 Å². The van der Waals surface area contributed by atoms with E-state index in [0.29, 0.717) is 22.6 Å². The number of hydrogen-bond acceptors (Lipinski definition) is 4. The van der Waals surface area contributed by atoms with Gasteiger partial charge in [-0.1, -0.05) is 62.7 Å². The summed E-state index contributed by atoms with van der Waals surface area (Å²) in [4.78, 5) is 30.1. The van der Waals surface area contributed by atoms with E-state index >= 15 is 0 Å². The van der Waals surface area contributed by atoms with Gasteiger partial charge in [0.05, 0.1) is 22.3 Å². The van der Waals surface area contributed by atoms with Gasteiger partial charge in [0.1, 0.15) is 0 Å². The van der Waals surface area contributed by atoms with Crippen LogP contribution in [-0.2, 0) is 11.2 Å². The summed E-state index contributed by atoms with van der Waals surface area (Å²) in [5.41, 5.74) is 2.49. The maximum atomic E-state index is 13.2. The highest BCUT2D eigenvalue weighted by Gasteiger charge is 2.14. The number of nitrogens with zero attached hydrogens (tertiary/aromatic N) is 2. The zero-order chi connectivity index (χ0) is 20.6. The van der Waals surface area contributed by atoms with Crippen molar-refractivity contribution in [2.75, 3.05) is 12.3 Å². The fraction of sp³-hybridized carbons (Fsp3) is 0.348. The van der Waals surface area contributed by atoms with Crippen LogP contribution in [0, 0.1) is 0 Å². The van der Waals surface area contributed by atoms with Crippen LogP contribution < -0.4 is 10.9 Å². The Morgan fingerprint density at radius 1 is 1.07 bits per heavy atom. The summed E-state index contributed by atoms with van der Waals surface area (Å²) in [6.45, 7) is 4.91. The second kappa shape index (κ2) is 10.3. The molecule has 0 saturated heterocycles. The Morgan fingerprint density at radius 3 is 2.55 bits per heavy atom. The molecule has 3 aromatic rings. The molecule has 1 aromatic heterocycles. The Labute approximate surface area is 175 Å². The number of benzene rings is 2. The maximum absolute atomic E-state index is 13.2. The number of aryl methyl sites for hydroxylation is 1. The van der Waals surface area contributed by atoms with Gasteiger partial charge in [-0.15, -0.1) is 0 Å². The number of nitrogens with one attached hydrogen (secondary N) is 1. The number of hydrogen-bond donors (Lipinski definition) is 1. The minimum Gasteiger partial charge on any atom is -0.355 e. The van der Waals surface area contributed by atoms with Crippen LogP contribution in [-0.4, -0.2) is 27.8 Å². The van der Waals surface area contributed by atoms with Gasteiger partial charge in [0, 0.05) is 6.54 Å². The molecule has 0 aliphatic heterocycles. The molecule has 0 aliphatic carbocycles. The average molecular weight is 410 g/mol. The molecule has 1 heterocycles. The van der Waals surface area contributed by atoms with Gasteiger partial charge in [-0.25, -0.2) is 4.98 Å². The first-order valence-electron chi connectivity index (χ1n) is 10.1. The SMILES string of the molecule is CCCCCNC(=O)CSc1nc2ccccc2c(=O)n1-c1ccc(CC)cc1. The number of amides is 1. The van der Waals surface area contributed by atoms with Crippen LogP contribution in [0.15, 0.2) is 58.5 Å². The molecule has 0 aliphatic rings. The standard InChI is InChI=1S/C23H27N3O2S/c1-3-5-8-15-24-21(27)16-29-23-25-20-10-7-6-9-19(20)22(28)26(23)18-13-11-17(4-2)12-14-18/h6-7,9-14H,3-5,8,15-16H2,1-2H3,(H,24,27). The van der Waals surface area contributed by atoms with Crippen LogP contribution in [0.4, 0.5) is 0 Å². The molecule has 29 heavy (non-hydrogen) atoms. The van der Waals surface area contributed by atoms with Crippen LogP contribution >= 0.6 is 11.8 Å². The maximum Gasteiger partial charge on any atom is 0.266 e. The van der Waals surface area contributed by atoms with Crippen LogP contribution in [0.3, 0.4) is 0 Å². The molecule has 0 fully saturated rings. The van der Waals surface area contributed by atoms with Crippen molar-refractivity contribution in [3.63, 3.8) is 0 Å². The van der Waals surface area contributed by atoms with Gasteiger partial charge in [-0.2, -0.15) is 0 Å². The minimum atomic E-state index is -0.120. The van der Waals surface area contributed by atoms with Crippen LogP contribution in [0.25, 0.3) is 16.6 Å². The van der Waals surface area contributed by atoms with Crippen molar-refractivity contribution in [2.24, 2.45) is 0 Å². The summed E-state index contributed by atoms with van der Waals surface area (Å²) in [5.74, 6) is 0.186. The van der Waals surface area contributed by atoms with Gasteiger partial charge < -0.3 is 5.32 Å². The first-order chi connectivity index (χ1) is 14.1. The monoisotopic (exact) mass is 409 g/mol. The van der Waals surface area contributed by atoms with Crippen molar-refractivity contribution in [3.05, 3.63) is 64.4 Å². The van der Waals surface area contributed by atoms with Crippen molar-refractivity contribution in [3.8, 4) is 5.69 Å².